The lowest BCUT2D eigenvalue weighted by Gasteiger charge is -2.32. The van der Waals surface area contributed by atoms with Crippen LogP contribution in [0.3, 0.4) is 0 Å². The average molecular weight is 410 g/mol. The molecule has 4 rings (SSSR count). The highest BCUT2D eigenvalue weighted by molar-refractivity contribution is 7.90. The summed E-state index contributed by atoms with van der Waals surface area (Å²) in [6, 6.07) is 17.6. The number of carbonyl (C=O) groups is 1. The number of hydrogen-bond donors (Lipinski definition) is 0. The van der Waals surface area contributed by atoms with Crippen molar-refractivity contribution in [2.24, 2.45) is 0 Å². The Kier molecular flexibility index (Phi) is 4.92. The summed E-state index contributed by atoms with van der Waals surface area (Å²) in [7, 11) is -3.80. The van der Waals surface area contributed by atoms with Gasteiger partial charge in [-0.25, -0.2) is 12.4 Å². The molecule has 0 saturated carbocycles. The van der Waals surface area contributed by atoms with E-state index in [0.29, 0.717) is 11.4 Å². The van der Waals surface area contributed by atoms with E-state index in [4.69, 9.17) is 4.74 Å². The van der Waals surface area contributed by atoms with Gasteiger partial charge in [0.1, 0.15) is 4.90 Å². The van der Waals surface area contributed by atoms with Crippen molar-refractivity contribution < 1.29 is 17.9 Å². The Morgan fingerprint density at radius 3 is 2.48 bits per heavy atom. The van der Waals surface area contributed by atoms with Crippen LogP contribution < -0.4 is 4.90 Å². The highest BCUT2D eigenvalue weighted by atomic mass is 32.2. The quantitative estimate of drug-likeness (QED) is 0.604. The van der Waals surface area contributed by atoms with E-state index >= 15 is 0 Å². The Labute approximate surface area is 170 Å². The number of benzene rings is 2. The lowest BCUT2D eigenvalue weighted by molar-refractivity contribution is -0.143. The minimum atomic E-state index is -3.80. The van der Waals surface area contributed by atoms with Gasteiger partial charge < -0.3 is 9.64 Å². The predicted octanol–water partition coefficient (Wildman–Crippen LogP) is 4.18. The molecule has 0 aliphatic carbocycles. The summed E-state index contributed by atoms with van der Waals surface area (Å²) in [5.41, 5.74) is 2.96. The molecular weight excluding hydrogens is 388 g/mol. The first kappa shape index (κ1) is 19.3. The summed E-state index contributed by atoms with van der Waals surface area (Å²) in [6.45, 7) is 4.02. The molecule has 1 unspecified atom stereocenters. The van der Waals surface area contributed by atoms with Gasteiger partial charge in [-0.3, -0.25) is 4.79 Å². The van der Waals surface area contributed by atoms with Gasteiger partial charge in [-0.1, -0.05) is 29.8 Å². The Bertz CT molecular complexity index is 1150. The van der Waals surface area contributed by atoms with Gasteiger partial charge in [0.2, 0.25) is 0 Å². The third kappa shape index (κ3) is 3.31. The first-order valence-corrected chi connectivity index (χ1v) is 10.9. The van der Waals surface area contributed by atoms with Crippen molar-refractivity contribution in [3.8, 4) is 0 Å². The number of carbonyl (C=O) groups excluding carboxylic acids is 1. The maximum atomic E-state index is 13.4. The topological polar surface area (TPSA) is 68.6 Å². The Morgan fingerprint density at radius 2 is 1.76 bits per heavy atom. The highest BCUT2D eigenvalue weighted by Crippen LogP contribution is 2.44. The zero-order chi connectivity index (χ0) is 20.6. The fourth-order valence-electron chi connectivity index (χ4n) is 3.73. The van der Waals surface area contributed by atoms with Gasteiger partial charge in [-0.05, 0) is 50.2 Å². The number of ether oxygens (including phenoxy) is 1. The minimum Gasteiger partial charge on any atom is -0.466 e. The Balaban J connectivity index is 2.00. The molecule has 2 aromatic carbocycles. The van der Waals surface area contributed by atoms with Crippen LogP contribution in [0.4, 0.5) is 11.4 Å². The van der Waals surface area contributed by atoms with Gasteiger partial charge in [-0.2, -0.15) is 0 Å². The molecule has 6 nitrogen and oxygen atoms in total. The second-order valence-corrected chi connectivity index (χ2v) is 8.72. The van der Waals surface area contributed by atoms with Gasteiger partial charge in [-0.15, -0.1) is 0 Å². The summed E-state index contributed by atoms with van der Waals surface area (Å²) in [6.07, 6.45) is 1.55. The number of aryl methyl sites for hydroxylation is 1. The van der Waals surface area contributed by atoms with Crippen LogP contribution in [0.15, 0.2) is 71.8 Å². The molecule has 1 aliphatic rings. The molecule has 0 fully saturated rings. The van der Waals surface area contributed by atoms with Crippen LogP contribution in [0.25, 0.3) is 0 Å². The molecule has 0 amide bonds. The largest absolute Gasteiger partial charge is 0.466 e. The van der Waals surface area contributed by atoms with Crippen molar-refractivity contribution in [2.75, 3.05) is 11.5 Å². The number of aromatic nitrogens is 1. The predicted molar refractivity (Wildman–Crippen MR) is 111 cm³/mol. The molecule has 0 radical (unpaired) electrons. The third-order valence-electron chi connectivity index (χ3n) is 5.04. The number of anilines is 2. The van der Waals surface area contributed by atoms with Crippen molar-refractivity contribution in [1.82, 2.24) is 3.97 Å². The summed E-state index contributed by atoms with van der Waals surface area (Å²) in [4.78, 5) is 14.6. The first-order chi connectivity index (χ1) is 13.9. The van der Waals surface area contributed by atoms with Gasteiger partial charge >= 0.3 is 5.97 Å². The number of para-hydroxylation sites is 1. The second-order valence-electron chi connectivity index (χ2n) is 6.93. The van der Waals surface area contributed by atoms with E-state index in [9.17, 15) is 13.2 Å². The number of esters is 1. The molecule has 0 N–H and O–H groups in total. The molecule has 0 spiro atoms. The van der Waals surface area contributed by atoms with Crippen LogP contribution in [0.5, 0.6) is 0 Å². The molecule has 0 saturated heterocycles. The fourth-order valence-corrected chi connectivity index (χ4v) is 5.32. The normalized spacial score (nSPS) is 17.2. The smallest absolute Gasteiger partial charge is 0.308 e. The van der Waals surface area contributed by atoms with Crippen LogP contribution in [0, 0.1) is 6.92 Å². The van der Waals surface area contributed by atoms with Gasteiger partial charge in [0.25, 0.3) is 10.0 Å². The molecular formula is C22H22N2O4S. The van der Waals surface area contributed by atoms with Crippen molar-refractivity contribution in [1.29, 1.82) is 0 Å². The Hall–Kier alpha value is -3.06. The van der Waals surface area contributed by atoms with E-state index in [1.807, 2.05) is 36.1 Å². The number of hydrogen-bond acceptors (Lipinski definition) is 5. The summed E-state index contributed by atoms with van der Waals surface area (Å²) < 4.78 is 33.2. The van der Waals surface area contributed by atoms with Crippen molar-refractivity contribution in [3.63, 3.8) is 0 Å². The average Bonchev–Trinajstić information content (AvgIpc) is 3.17. The van der Waals surface area contributed by atoms with E-state index in [1.54, 1.807) is 43.3 Å². The molecule has 7 heteroatoms. The van der Waals surface area contributed by atoms with E-state index in [2.05, 4.69) is 0 Å². The summed E-state index contributed by atoms with van der Waals surface area (Å²) in [5, 5.41) is 0. The molecule has 1 aromatic heterocycles. The molecule has 1 aliphatic heterocycles. The van der Waals surface area contributed by atoms with Gasteiger partial charge in [0, 0.05) is 11.9 Å². The number of fused-ring (bicyclic) bond motifs is 2. The molecule has 0 bridgehead atoms. The van der Waals surface area contributed by atoms with E-state index in [0.717, 1.165) is 11.3 Å². The molecule has 29 heavy (non-hydrogen) atoms. The first-order valence-electron chi connectivity index (χ1n) is 9.47. The fraction of sp³-hybridized carbons (Fsp3) is 0.227. The van der Waals surface area contributed by atoms with Crippen LogP contribution in [-0.2, 0) is 19.6 Å². The summed E-state index contributed by atoms with van der Waals surface area (Å²) in [5.74, 6) is -0.376. The minimum absolute atomic E-state index is 0.0234. The third-order valence-corrected chi connectivity index (χ3v) is 6.79. The highest BCUT2D eigenvalue weighted by Gasteiger charge is 2.37. The SMILES string of the molecule is CCOC(=O)CC1c2cccn2S(=O)(=O)c2ccccc2N1c1ccc(C)cc1. The van der Waals surface area contributed by atoms with Crippen molar-refractivity contribution >= 4 is 27.4 Å². The molecule has 1 atom stereocenters. The van der Waals surface area contributed by atoms with Crippen LogP contribution in [-0.4, -0.2) is 25.0 Å². The van der Waals surface area contributed by atoms with Crippen molar-refractivity contribution in [3.05, 3.63) is 78.1 Å². The zero-order valence-electron chi connectivity index (χ0n) is 16.3. The van der Waals surface area contributed by atoms with Crippen LogP contribution in [0.2, 0.25) is 0 Å². The standard InChI is InChI=1S/C22H22N2O4S/c1-3-28-22(25)15-20-18-8-6-14-23(18)29(26,27)21-9-5-4-7-19(21)24(20)17-12-10-16(2)11-13-17/h4-14,20H,3,15H2,1-2H3. The monoisotopic (exact) mass is 410 g/mol. The second kappa shape index (κ2) is 7.40. The number of rotatable bonds is 4. The number of nitrogens with zero attached hydrogens (tertiary/aromatic N) is 2. The maximum absolute atomic E-state index is 13.4. The van der Waals surface area contributed by atoms with Crippen molar-refractivity contribution in [2.45, 2.75) is 31.2 Å². The molecule has 3 aromatic rings. The maximum Gasteiger partial charge on any atom is 0.308 e. The Morgan fingerprint density at radius 1 is 1.03 bits per heavy atom. The van der Waals surface area contributed by atoms with Gasteiger partial charge in [0.15, 0.2) is 0 Å². The summed E-state index contributed by atoms with van der Waals surface area (Å²) >= 11 is 0. The molecule has 2 heterocycles. The van der Waals surface area contributed by atoms with E-state index < -0.39 is 16.1 Å². The van der Waals surface area contributed by atoms with E-state index in [-0.39, 0.29) is 23.9 Å². The van der Waals surface area contributed by atoms with Gasteiger partial charge in [0.05, 0.1) is 30.5 Å². The lowest BCUT2D eigenvalue weighted by atomic mass is 10.0. The molecule has 150 valence electrons. The zero-order valence-corrected chi connectivity index (χ0v) is 17.1. The van der Waals surface area contributed by atoms with Crippen LogP contribution >= 0.6 is 0 Å². The lowest BCUT2D eigenvalue weighted by Crippen LogP contribution is -2.27. The van der Waals surface area contributed by atoms with Crippen LogP contribution in [0.1, 0.15) is 30.6 Å². The van der Waals surface area contributed by atoms with E-state index in [1.165, 1.54) is 10.2 Å².